The number of carbonyl (C=O) groups excluding carboxylic acids is 1. The summed E-state index contributed by atoms with van der Waals surface area (Å²) < 4.78 is 2.23. The second kappa shape index (κ2) is 7.52. The highest BCUT2D eigenvalue weighted by Gasteiger charge is 2.30. The van der Waals surface area contributed by atoms with Crippen LogP contribution in [0.1, 0.15) is 66.5 Å². The zero-order valence-corrected chi connectivity index (χ0v) is 16.4. The molecule has 9 heteroatoms. The van der Waals surface area contributed by atoms with Gasteiger partial charge in [-0.05, 0) is 12.8 Å². The summed E-state index contributed by atoms with van der Waals surface area (Å²) in [6.45, 7) is 7.96. The lowest BCUT2D eigenvalue weighted by atomic mass is 9.95. The molecule has 0 aromatic carbocycles. The minimum absolute atomic E-state index is 0.116. The van der Waals surface area contributed by atoms with E-state index in [1.54, 1.807) is 0 Å². The molecule has 1 fully saturated rings. The fraction of sp³-hybridized carbons (Fsp3) is 0.611. The van der Waals surface area contributed by atoms with Gasteiger partial charge in [0.15, 0.2) is 5.69 Å². The van der Waals surface area contributed by atoms with Crippen LogP contribution in [0.2, 0.25) is 5.02 Å². The molecule has 8 nitrogen and oxygen atoms in total. The molecular weight excluding hydrogens is 366 g/mol. The number of carbonyl (C=O) groups is 1. The molecule has 0 spiro atoms. The number of halogens is 1. The maximum absolute atomic E-state index is 12.9. The third kappa shape index (κ3) is 3.55. The van der Waals surface area contributed by atoms with Gasteiger partial charge in [-0.25, -0.2) is 9.97 Å². The second-order valence-corrected chi connectivity index (χ2v) is 7.86. The van der Waals surface area contributed by atoms with Crippen molar-refractivity contribution in [2.75, 3.05) is 19.6 Å². The van der Waals surface area contributed by atoms with Crippen molar-refractivity contribution >= 4 is 17.5 Å². The van der Waals surface area contributed by atoms with E-state index in [0.29, 0.717) is 35.5 Å². The number of hydrogen-bond donors (Lipinski definition) is 1. The molecule has 27 heavy (non-hydrogen) atoms. The molecule has 0 atom stereocenters. The maximum atomic E-state index is 12.9. The number of piperidine rings is 1. The van der Waals surface area contributed by atoms with E-state index < -0.39 is 0 Å². The summed E-state index contributed by atoms with van der Waals surface area (Å²) >= 11 is 6.20. The summed E-state index contributed by atoms with van der Waals surface area (Å²) in [5.41, 5.74) is 0.305. The number of fused-ring (bicyclic) bond motifs is 1. The van der Waals surface area contributed by atoms with Gasteiger partial charge in [0, 0.05) is 38.0 Å². The van der Waals surface area contributed by atoms with E-state index in [0.717, 1.165) is 44.1 Å². The first kappa shape index (κ1) is 18.3. The van der Waals surface area contributed by atoms with E-state index in [1.807, 2.05) is 18.7 Å². The van der Waals surface area contributed by atoms with Gasteiger partial charge in [-0.3, -0.25) is 4.79 Å². The van der Waals surface area contributed by atoms with E-state index in [4.69, 9.17) is 11.6 Å². The van der Waals surface area contributed by atoms with Gasteiger partial charge in [-0.2, -0.15) is 0 Å². The van der Waals surface area contributed by atoms with Gasteiger partial charge in [0.1, 0.15) is 17.5 Å². The molecule has 2 aromatic heterocycles. The molecule has 0 radical (unpaired) electrons. The van der Waals surface area contributed by atoms with Crippen LogP contribution in [0.5, 0.6) is 0 Å². The molecule has 4 heterocycles. The Hall–Kier alpha value is -2.06. The van der Waals surface area contributed by atoms with Gasteiger partial charge in [-0.15, -0.1) is 10.2 Å². The molecule has 1 saturated heterocycles. The van der Waals surface area contributed by atoms with E-state index >= 15 is 0 Å². The lowest BCUT2D eigenvalue weighted by molar-refractivity contribution is 0.0703. The Balaban J connectivity index is 1.46. The lowest BCUT2D eigenvalue weighted by Gasteiger charge is -2.32. The van der Waals surface area contributed by atoms with E-state index in [2.05, 4.69) is 30.0 Å². The molecule has 1 N–H and O–H groups in total. The second-order valence-electron chi connectivity index (χ2n) is 7.45. The first-order valence-corrected chi connectivity index (χ1v) is 9.86. The van der Waals surface area contributed by atoms with Gasteiger partial charge >= 0.3 is 0 Å². The standard InChI is InChI=1S/C18H24ClN7O/c1-11(2)16-21-9-13(19)15(22-16)18(27)25-6-3-12(4-7-25)17-24-23-14-10-20-5-8-26(14)17/h9,11-12,20H,3-8,10H2,1-2H3. The number of rotatable bonds is 3. The topological polar surface area (TPSA) is 88.8 Å². The van der Waals surface area contributed by atoms with Crippen LogP contribution in [-0.4, -0.2) is 55.2 Å². The molecule has 2 aliphatic rings. The fourth-order valence-electron chi connectivity index (χ4n) is 3.72. The van der Waals surface area contributed by atoms with Gasteiger partial charge in [0.2, 0.25) is 0 Å². The highest BCUT2D eigenvalue weighted by molar-refractivity contribution is 6.33. The molecule has 2 aromatic rings. The van der Waals surface area contributed by atoms with Crippen molar-refractivity contribution in [3.8, 4) is 0 Å². The number of amides is 1. The number of aromatic nitrogens is 5. The first-order valence-electron chi connectivity index (χ1n) is 9.49. The molecule has 1 amide bonds. The molecule has 4 rings (SSSR count). The average Bonchev–Trinajstić information content (AvgIpc) is 3.12. The van der Waals surface area contributed by atoms with Crippen molar-refractivity contribution in [1.29, 1.82) is 0 Å². The van der Waals surface area contributed by atoms with Crippen molar-refractivity contribution in [3.63, 3.8) is 0 Å². The quantitative estimate of drug-likeness (QED) is 0.863. The van der Waals surface area contributed by atoms with Gasteiger partial charge in [0.25, 0.3) is 5.91 Å². The zero-order chi connectivity index (χ0) is 19.0. The summed E-state index contributed by atoms with van der Waals surface area (Å²) in [4.78, 5) is 23.4. The molecule has 144 valence electrons. The Morgan fingerprint density at radius 3 is 2.78 bits per heavy atom. The number of hydrogen-bond acceptors (Lipinski definition) is 6. The van der Waals surface area contributed by atoms with Crippen molar-refractivity contribution in [2.45, 2.75) is 51.6 Å². The van der Waals surface area contributed by atoms with E-state index in [1.165, 1.54) is 6.20 Å². The van der Waals surface area contributed by atoms with Crippen LogP contribution >= 0.6 is 11.6 Å². The Kier molecular flexibility index (Phi) is 5.10. The van der Waals surface area contributed by atoms with Crippen LogP contribution < -0.4 is 5.32 Å². The van der Waals surface area contributed by atoms with Crippen LogP contribution in [0, 0.1) is 0 Å². The first-order chi connectivity index (χ1) is 13.0. The predicted octanol–water partition coefficient (Wildman–Crippen LogP) is 1.97. The Bertz CT molecular complexity index is 842. The van der Waals surface area contributed by atoms with Gasteiger partial charge < -0.3 is 14.8 Å². The Labute approximate surface area is 163 Å². The van der Waals surface area contributed by atoms with Crippen LogP contribution in [0.15, 0.2) is 6.20 Å². The van der Waals surface area contributed by atoms with Crippen LogP contribution in [0.4, 0.5) is 0 Å². The maximum Gasteiger partial charge on any atom is 0.274 e. The third-order valence-electron chi connectivity index (χ3n) is 5.28. The molecular formula is C18H24ClN7O. The number of nitrogens with one attached hydrogen (secondary N) is 1. The van der Waals surface area contributed by atoms with Crippen LogP contribution in [0.3, 0.4) is 0 Å². The summed E-state index contributed by atoms with van der Waals surface area (Å²) in [5, 5.41) is 12.4. The Morgan fingerprint density at radius 1 is 1.26 bits per heavy atom. The van der Waals surface area contributed by atoms with Crippen molar-refractivity contribution in [2.24, 2.45) is 0 Å². The smallest absolute Gasteiger partial charge is 0.274 e. The summed E-state index contributed by atoms with van der Waals surface area (Å²) in [6.07, 6.45) is 3.27. The summed E-state index contributed by atoms with van der Waals surface area (Å²) in [7, 11) is 0. The number of likely N-dealkylation sites (tertiary alicyclic amines) is 1. The molecule has 0 aliphatic carbocycles. The minimum Gasteiger partial charge on any atom is -0.337 e. The average molecular weight is 390 g/mol. The van der Waals surface area contributed by atoms with Gasteiger partial charge in [-0.1, -0.05) is 25.4 Å². The predicted molar refractivity (Wildman–Crippen MR) is 101 cm³/mol. The number of nitrogens with zero attached hydrogens (tertiary/aromatic N) is 6. The molecule has 0 bridgehead atoms. The highest BCUT2D eigenvalue weighted by atomic mass is 35.5. The lowest BCUT2D eigenvalue weighted by Crippen LogP contribution is -2.39. The van der Waals surface area contributed by atoms with Gasteiger partial charge in [0.05, 0.1) is 17.8 Å². The molecule has 0 unspecified atom stereocenters. The van der Waals surface area contributed by atoms with Crippen molar-refractivity contribution in [3.05, 3.63) is 34.4 Å². The van der Waals surface area contributed by atoms with Crippen LogP contribution in [-0.2, 0) is 13.1 Å². The van der Waals surface area contributed by atoms with E-state index in [9.17, 15) is 4.79 Å². The van der Waals surface area contributed by atoms with Crippen molar-refractivity contribution < 1.29 is 4.79 Å². The van der Waals surface area contributed by atoms with Crippen LogP contribution in [0.25, 0.3) is 0 Å². The minimum atomic E-state index is -0.116. The third-order valence-corrected chi connectivity index (χ3v) is 5.56. The zero-order valence-electron chi connectivity index (χ0n) is 15.7. The molecule has 2 aliphatic heterocycles. The molecule has 0 saturated carbocycles. The van der Waals surface area contributed by atoms with Crippen molar-refractivity contribution in [1.82, 2.24) is 34.9 Å². The largest absolute Gasteiger partial charge is 0.337 e. The highest BCUT2D eigenvalue weighted by Crippen LogP contribution is 2.29. The normalized spacial score (nSPS) is 18.0. The van der Waals surface area contributed by atoms with E-state index in [-0.39, 0.29) is 11.8 Å². The summed E-state index contributed by atoms with van der Waals surface area (Å²) in [5.74, 6) is 3.06. The SMILES string of the molecule is CC(C)c1ncc(Cl)c(C(=O)N2CCC(c3nnc4n3CCNC4)CC2)n1. The Morgan fingerprint density at radius 2 is 2.04 bits per heavy atom. The summed E-state index contributed by atoms with van der Waals surface area (Å²) in [6, 6.07) is 0. The monoisotopic (exact) mass is 389 g/mol. The fourth-order valence-corrected chi connectivity index (χ4v) is 3.89.